The van der Waals surface area contributed by atoms with Crippen molar-refractivity contribution in [2.45, 2.75) is 6.92 Å². The van der Waals surface area contributed by atoms with Gasteiger partial charge in [-0.15, -0.1) is 0 Å². The van der Waals surface area contributed by atoms with Crippen LogP contribution in [0.25, 0.3) is 22.7 Å². The van der Waals surface area contributed by atoms with Crippen LogP contribution in [0.5, 0.6) is 11.5 Å². The Morgan fingerprint density at radius 1 is 1.26 bits per heavy atom. The van der Waals surface area contributed by atoms with E-state index in [2.05, 4.69) is 19.9 Å². The van der Waals surface area contributed by atoms with Gasteiger partial charge in [0.05, 0.1) is 12.2 Å². The average molecular weight is 256 g/mol. The molecule has 6 nitrogen and oxygen atoms in total. The molecule has 6 heteroatoms. The number of aromatic amines is 1. The van der Waals surface area contributed by atoms with E-state index in [0.717, 1.165) is 0 Å². The van der Waals surface area contributed by atoms with Gasteiger partial charge in [-0.1, -0.05) is 0 Å². The van der Waals surface area contributed by atoms with Crippen molar-refractivity contribution in [1.82, 2.24) is 19.9 Å². The third-order valence-electron chi connectivity index (χ3n) is 2.67. The van der Waals surface area contributed by atoms with Crippen LogP contribution in [0.3, 0.4) is 0 Å². The summed E-state index contributed by atoms with van der Waals surface area (Å²) < 4.78 is 5.32. The van der Waals surface area contributed by atoms with Crippen LogP contribution in [-0.2, 0) is 0 Å². The molecular formula is C13H12N4O2. The first-order chi connectivity index (χ1) is 9.28. The van der Waals surface area contributed by atoms with Crippen LogP contribution >= 0.6 is 0 Å². The minimum Gasteiger partial charge on any atom is -0.507 e. The van der Waals surface area contributed by atoms with Gasteiger partial charge in [-0.3, -0.25) is 0 Å². The molecule has 0 aliphatic heterocycles. The van der Waals surface area contributed by atoms with Gasteiger partial charge >= 0.3 is 0 Å². The summed E-state index contributed by atoms with van der Waals surface area (Å²) >= 11 is 0. The number of rotatable bonds is 3. The second kappa shape index (κ2) is 4.56. The Labute approximate surface area is 109 Å². The molecule has 0 atom stereocenters. The number of phenolic OH excluding ortho intramolecular Hbond substituents is 1. The lowest BCUT2D eigenvalue weighted by Gasteiger charge is -2.05. The Hall–Kier alpha value is -2.63. The van der Waals surface area contributed by atoms with Crippen molar-refractivity contribution in [2.24, 2.45) is 0 Å². The molecule has 0 saturated heterocycles. The van der Waals surface area contributed by atoms with Gasteiger partial charge in [0.15, 0.2) is 11.3 Å². The third kappa shape index (κ3) is 2.08. The smallest absolute Gasteiger partial charge is 0.197 e. The quantitative estimate of drug-likeness (QED) is 0.749. The largest absolute Gasteiger partial charge is 0.507 e. The molecule has 0 amide bonds. The summed E-state index contributed by atoms with van der Waals surface area (Å²) in [6, 6.07) is 5.09. The highest BCUT2D eigenvalue weighted by Gasteiger charge is 2.11. The van der Waals surface area contributed by atoms with Gasteiger partial charge in [0.25, 0.3) is 0 Å². The van der Waals surface area contributed by atoms with Crippen LogP contribution in [0.4, 0.5) is 0 Å². The number of nitrogens with zero attached hydrogens (tertiary/aromatic N) is 3. The Morgan fingerprint density at radius 2 is 2.11 bits per heavy atom. The second-order valence-corrected chi connectivity index (χ2v) is 3.93. The summed E-state index contributed by atoms with van der Waals surface area (Å²) in [6.07, 6.45) is 3.16. The number of phenols is 1. The van der Waals surface area contributed by atoms with Crippen molar-refractivity contribution in [3.05, 3.63) is 30.6 Å². The zero-order valence-corrected chi connectivity index (χ0v) is 10.3. The van der Waals surface area contributed by atoms with Crippen LogP contribution in [0.15, 0.2) is 30.6 Å². The number of aromatic nitrogens is 4. The Kier molecular flexibility index (Phi) is 2.75. The lowest BCUT2D eigenvalue weighted by Crippen LogP contribution is -1.91. The molecule has 0 radical (unpaired) electrons. The minimum atomic E-state index is 0.102. The fourth-order valence-corrected chi connectivity index (χ4v) is 1.84. The van der Waals surface area contributed by atoms with E-state index >= 15 is 0 Å². The van der Waals surface area contributed by atoms with Crippen LogP contribution in [-0.4, -0.2) is 31.6 Å². The summed E-state index contributed by atoms with van der Waals surface area (Å²) in [4.78, 5) is 15.5. The zero-order valence-electron chi connectivity index (χ0n) is 10.3. The fourth-order valence-electron chi connectivity index (χ4n) is 1.84. The maximum atomic E-state index is 10.0. The molecule has 0 unspecified atom stereocenters. The predicted molar refractivity (Wildman–Crippen MR) is 70.0 cm³/mol. The lowest BCUT2D eigenvalue weighted by atomic mass is 10.2. The highest BCUT2D eigenvalue weighted by molar-refractivity contribution is 5.74. The number of benzene rings is 1. The number of hydrogen-bond acceptors (Lipinski definition) is 5. The maximum absolute atomic E-state index is 10.0. The van der Waals surface area contributed by atoms with Gasteiger partial charge in [-0.05, 0) is 19.1 Å². The van der Waals surface area contributed by atoms with Gasteiger partial charge in [-0.25, -0.2) is 15.0 Å². The van der Waals surface area contributed by atoms with Gasteiger partial charge in [0.2, 0.25) is 0 Å². The van der Waals surface area contributed by atoms with Crippen molar-refractivity contribution in [3.8, 4) is 22.9 Å². The molecule has 2 heterocycles. The molecule has 0 bridgehead atoms. The number of aromatic hydroxyl groups is 1. The Balaban J connectivity index is 2.05. The molecule has 2 N–H and O–H groups in total. The van der Waals surface area contributed by atoms with E-state index in [9.17, 15) is 5.11 Å². The molecule has 0 aliphatic rings. The molecule has 1 aromatic carbocycles. The normalized spacial score (nSPS) is 10.8. The highest BCUT2D eigenvalue weighted by Crippen LogP contribution is 2.31. The van der Waals surface area contributed by atoms with E-state index in [1.807, 2.05) is 6.92 Å². The average Bonchev–Trinajstić information content (AvgIpc) is 2.82. The zero-order chi connectivity index (χ0) is 13.2. The number of ether oxygens (including phenoxy) is 1. The molecule has 3 aromatic rings. The van der Waals surface area contributed by atoms with E-state index in [-0.39, 0.29) is 5.75 Å². The van der Waals surface area contributed by atoms with Crippen molar-refractivity contribution in [3.63, 3.8) is 0 Å². The van der Waals surface area contributed by atoms with Crippen molar-refractivity contribution in [1.29, 1.82) is 0 Å². The molecule has 0 fully saturated rings. The molecular weight excluding hydrogens is 244 g/mol. The SMILES string of the molecule is CCOc1ccc(-c2nc3nccnc3[nH]2)c(O)c1. The van der Waals surface area contributed by atoms with E-state index in [1.165, 1.54) is 0 Å². The number of imidazole rings is 1. The van der Waals surface area contributed by atoms with Crippen LogP contribution < -0.4 is 4.74 Å². The fraction of sp³-hybridized carbons (Fsp3) is 0.154. The van der Waals surface area contributed by atoms with Crippen molar-refractivity contribution >= 4 is 11.3 Å². The molecule has 19 heavy (non-hydrogen) atoms. The van der Waals surface area contributed by atoms with E-state index in [1.54, 1.807) is 30.6 Å². The summed E-state index contributed by atoms with van der Waals surface area (Å²) in [5, 5.41) is 10.0. The van der Waals surface area contributed by atoms with Gasteiger partial charge in [0.1, 0.15) is 17.3 Å². The highest BCUT2D eigenvalue weighted by atomic mass is 16.5. The van der Waals surface area contributed by atoms with Crippen LogP contribution in [0.1, 0.15) is 6.92 Å². The summed E-state index contributed by atoms with van der Waals surface area (Å²) in [6.45, 7) is 2.44. The molecule has 3 rings (SSSR count). The molecule has 96 valence electrons. The molecule has 2 aromatic heterocycles. The summed E-state index contributed by atoms with van der Waals surface area (Å²) in [7, 11) is 0. The summed E-state index contributed by atoms with van der Waals surface area (Å²) in [5.74, 6) is 1.25. The van der Waals surface area contributed by atoms with E-state index in [4.69, 9.17) is 4.74 Å². The van der Waals surface area contributed by atoms with Crippen molar-refractivity contribution < 1.29 is 9.84 Å². The number of fused-ring (bicyclic) bond motifs is 1. The summed E-state index contributed by atoms with van der Waals surface area (Å²) in [5.41, 5.74) is 1.69. The van der Waals surface area contributed by atoms with Gasteiger partial charge in [0, 0.05) is 18.5 Å². The Bertz CT molecular complexity index is 690. The first-order valence-corrected chi connectivity index (χ1v) is 5.91. The monoisotopic (exact) mass is 256 g/mol. The number of hydrogen-bond donors (Lipinski definition) is 2. The molecule has 0 saturated carbocycles. The lowest BCUT2D eigenvalue weighted by molar-refractivity contribution is 0.338. The van der Waals surface area contributed by atoms with Gasteiger partial charge < -0.3 is 14.8 Å². The first kappa shape index (κ1) is 11.5. The molecule has 0 aliphatic carbocycles. The third-order valence-corrected chi connectivity index (χ3v) is 2.67. The van der Waals surface area contributed by atoms with Crippen molar-refractivity contribution in [2.75, 3.05) is 6.61 Å². The second-order valence-electron chi connectivity index (χ2n) is 3.93. The molecule has 0 spiro atoms. The van der Waals surface area contributed by atoms with Crippen LogP contribution in [0.2, 0.25) is 0 Å². The van der Waals surface area contributed by atoms with E-state index in [0.29, 0.717) is 35.0 Å². The standard InChI is InChI=1S/C13H12N4O2/c1-2-19-8-3-4-9(10(18)7-8)11-16-12-13(17-11)15-6-5-14-12/h3-7,18H,2H2,1H3,(H,14,15,16,17). The number of nitrogens with one attached hydrogen (secondary N) is 1. The maximum Gasteiger partial charge on any atom is 0.197 e. The van der Waals surface area contributed by atoms with Crippen LogP contribution in [0, 0.1) is 0 Å². The van der Waals surface area contributed by atoms with Gasteiger partial charge in [-0.2, -0.15) is 0 Å². The Morgan fingerprint density at radius 3 is 2.84 bits per heavy atom. The predicted octanol–water partition coefficient (Wildman–Crippen LogP) is 2.12. The number of H-pyrrole nitrogens is 1. The van der Waals surface area contributed by atoms with E-state index < -0.39 is 0 Å². The first-order valence-electron chi connectivity index (χ1n) is 5.91. The topological polar surface area (TPSA) is 83.9 Å². The minimum absolute atomic E-state index is 0.102.